The van der Waals surface area contributed by atoms with E-state index in [4.69, 9.17) is 0 Å². The van der Waals surface area contributed by atoms with Gasteiger partial charge < -0.3 is 5.32 Å². The topological polar surface area (TPSA) is 35.6 Å². The molecule has 0 aliphatic carbocycles. The Kier molecular flexibility index (Phi) is 6.74. The maximum atomic E-state index is 13.3. The third-order valence-electron chi connectivity index (χ3n) is 4.90. The first-order valence-electron chi connectivity index (χ1n) is 9.36. The molecular formula is C22H26FN3O. The van der Waals surface area contributed by atoms with Gasteiger partial charge in [0.1, 0.15) is 5.82 Å². The Morgan fingerprint density at radius 2 is 1.85 bits per heavy atom. The molecule has 3 rings (SSSR count). The number of amides is 1. The van der Waals surface area contributed by atoms with E-state index < -0.39 is 0 Å². The second kappa shape index (κ2) is 9.44. The maximum absolute atomic E-state index is 13.3. The largest absolute Gasteiger partial charge is 0.325 e. The number of nitrogens with zero attached hydrogens (tertiary/aromatic N) is 2. The first-order valence-corrected chi connectivity index (χ1v) is 9.36. The maximum Gasteiger partial charge on any atom is 0.241 e. The normalized spacial score (nSPS) is 17.1. The lowest BCUT2D eigenvalue weighted by atomic mass is 10.2. The average Bonchev–Trinajstić information content (AvgIpc) is 2.69. The van der Waals surface area contributed by atoms with Gasteiger partial charge in [-0.1, -0.05) is 48.6 Å². The molecule has 0 aromatic heterocycles. The number of nitrogens with one attached hydrogen (secondary N) is 1. The van der Waals surface area contributed by atoms with Crippen LogP contribution in [0.25, 0.3) is 6.08 Å². The third-order valence-corrected chi connectivity index (χ3v) is 4.90. The predicted molar refractivity (Wildman–Crippen MR) is 108 cm³/mol. The molecule has 2 aromatic rings. The predicted octanol–water partition coefficient (Wildman–Crippen LogP) is 3.48. The molecule has 0 radical (unpaired) electrons. The fraction of sp³-hybridized carbons (Fsp3) is 0.318. The van der Waals surface area contributed by atoms with Crippen LogP contribution in [-0.2, 0) is 4.79 Å². The van der Waals surface area contributed by atoms with Crippen LogP contribution in [0.4, 0.5) is 10.1 Å². The summed E-state index contributed by atoms with van der Waals surface area (Å²) in [5.41, 5.74) is 1.70. The van der Waals surface area contributed by atoms with E-state index in [9.17, 15) is 9.18 Å². The number of rotatable bonds is 6. The SMILES string of the molecule is C[C@H](C(=O)Nc1cccc(F)c1)N1CCN(C/C=C/c2ccccc2)CC1. The molecule has 4 nitrogen and oxygen atoms in total. The van der Waals surface area contributed by atoms with Gasteiger partial charge in [0.25, 0.3) is 0 Å². The fourth-order valence-corrected chi connectivity index (χ4v) is 3.21. The number of benzene rings is 2. The molecule has 0 saturated carbocycles. The van der Waals surface area contributed by atoms with Gasteiger partial charge in [-0.3, -0.25) is 14.6 Å². The molecular weight excluding hydrogens is 341 g/mol. The molecule has 1 heterocycles. The number of anilines is 1. The highest BCUT2D eigenvalue weighted by molar-refractivity contribution is 5.94. The Labute approximate surface area is 160 Å². The van der Waals surface area contributed by atoms with Gasteiger partial charge in [-0.25, -0.2) is 4.39 Å². The zero-order chi connectivity index (χ0) is 19.1. The van der Waals surface area contributed by atoms with E-state index in [-0.39, 0.29) is 17.8 Å². The van der Waals surface area contributed by atoms with Crippen molar-refractivity contribution >= 4 is 17.7 Å². The number of carbonyl (C=O) groups is 1. The highest BCUT2D eigenvalue weighted by Crippen LogP contribution is 2.12. The van der Waals surface area contributed by atoms with E-state index in [0.717, 1.165) is 32.7 Å². The van der Waals surface area contributed by atoms with Crippen molar-refractivity contribution < 1.29 is 9.18 Å². The molecule has 1 fully saturated rings. The Hall–Kier alpha value is -2.50. The second-order valence-corrected chi connectivity index (χ2v) is 6.83. The van der Waals surface area contributed by atoms with Crippen molar-refractivity contribution in [3.63, 3.8) is 0 Å². The standard InChI is InChI=1S/C22H26FN3O/c1-18(22(27)24-21-11-5-10-20(23)17-21)26-15-13-25(14-16-26)12-6-9-19-7-3-2-4-8-19/h2-11,17-18H,12-16H2,1H3,(H,24,27)/b9-6+/t18-/m1/s1. The first-order chi connectivity index (χ1) is 13.1. The van der Waals surface area contributed by atoms with Crippen molar-refractivity contribution in [1.29, 1.82) is 0 Å². The average molecular weight is 367 g/mol. The molecule has 142 valence electrons. The fourth-order valence-electron chi connectivity index (χ4n) is 3.21. The summed E-state index contributed by atoms with van der Waals surface area (Å²) in [6.07, 6.45) is 4.33. The van der Waals surface area contributed by atoms with E-state index in [1.165, 1.54) is 17.7 Å². The molecule has 27 heavy (non-hydrogen) atoms. The summed E-state index contributed by atoms with van der Waals surface area (Å²) in [6, 6.07) is 16.0. The lowest BCUT2D eigenvalue weighted by Crippen LogP contribution is -2.52. The van der Waals surface area contributed by atoms with Gasteiger partial charge in [0.15, 0.2) is 0 Å². The molecule has 5 heteroatoms. The Balaban J connectivity index is 1.44. The van der Waals surface area contributed by atoms with Crippen molar-refractivity contribution in [2.24, 2.45) is 0 Å². The van der Waals surface area contributed by atoms with Crippen LogP contribution in [0.2, 0.25) is 0 Å². The lowest BCUT2D eigenvalue weighted by molar-refractivity contribution is -0.121. The molecule has 0 spiro atoms. The lowest BCUT2D eigenvalue weighted by Gasteiger charge is -2.37. The zero-order valence-corrected chi connectivity index (χ0v) is 15.6. The van der Waals surface area contributed by atoms with Gasteiger partial charge in [-0.2, -0.15) is 0 Å². The van der Waals surface area contributed by atoms with Gasteiger partial charge in [0.2, 0.25) is 5.91 Å². The van der Waals surface area contributed by atoms with E-state index >= 15 is 0 Å². The molecule has 0 bridgehead atoms. The summed E-state index contributed by atoms with van der Waals surface area (Å²) in [7, 11) is 0. The second-order valence-electron chi connectivity index (χ2n) is 6.83. The van der Waals surface area contributed by atoms with Crippen LogP contribution in [0.5, 0.6) is 0 Å². The van der Waals surface area contributed by atoms with Crippen LogP contribution in [0.1, 0.15) is 12.5 Å². The van der Waals surface area contributed by atoms with Crippen LogP contribution >= 0.6 is 0 Å². The summed E-state index contributed by atoms with van der Waals surface area (Å²) in [6.45, 7) is 6.35. The minimum atomic E-state index is -0.349. The molecule has 1 N–H and O–H groups in total. The Morgan fingerprint density at radius 1 is 1.11 bits per heavy atom. The Bertz CT molecular complexity index is 770. The van der Waals surface area contributed by atoms with Crippen molar-refractivity contribution in [2.45, 2.75) is 13.0 Å². The molecule has 1 aliphatic heterocycles. The Morgan fingerprint density at radius 3 is 2.56 bits per heavy atom. The summed E-state index contributed by atoms with van der Waals surface area (Å²) in [5, 5.41) is 2.80. The molecule has 2 aromatic carbocycles. The van der Waals surface area contributed by atoms with Crippen LogP contribution in [0.3, 0.4) is 0 Å². The smallest absolute Gasteiger partial charge is 0.241 e. The number of carbonyl (C=O) groups excluding carboxylic acids is 1. The molecule has 1 amide bonds. The van der Waals surface area contributed by atoms with E-state index in [1.54, 1.807) is 12.1 Å². The minimum Gasteiger partial charge on any atom is -0.325 e. The quantitative estimate of drug-likeness (QED) is 0.849. The summed E-state index contributed by atoms with van der Waals surface area (Å²) >= 11 is 0. The van der Waals surface area contributed by atoms with Gasteiger partial charge >= 0.3 is 0 Å². The van der Waals surface area contributed by atoms with Gasteiger partial charge in [0.05, 0.1) is 6.04 Å². The highest BCUT2D eigenvalue weighted by atomic mass is 19.1. The zero-order valence-electron chi connectivity index (χ0n) is 15.6. The van der Waals surface area contributed by atoms with Crippen molar-refractivity contribution in [3.05, 3.63) is 72.1 Å². The number of piperazine rings is 1. The summed E-state index contributed by atoms with van der Waals surface area (Å²) in [5.74, 6) is -0.448. The monoisotopic (exact) mass is 367 g/mol. The van der Waals surface area contributed by atoms with Crippen LogP contribution < -0.4 is 5.32 Å². The first kappa shape index (κ1) is 19.3. The van der Waals surface area contributed by atoms with Crippen molar-refractivity contribution in [3.8, 4) is 0 Å². The number of hydrogen-bond donors (Lipinski definition) is 1. The van der Waals surface area contributed by atoms with Gasteiger partial charge in [-0.15, -0.1) is 0 Å². The van der Waals surface area contributed by atoms with Crippen LogP contribution in [0, 0.1) is 5.82 Å². The van der Waals surface area contributed by atoms with Crippen molar-refractivity contribution in [2.75, 3.05) is 38.0 Å². The van der Waals surface area contributed by atoms with Crippen LogP contribution in [-0.4, -0.2) is 54.5 Å². The molecule has 0 unspecified atom stereocenters. The molecule has 1 saturated heterocycles. The highest BCUT2D eigenvalue weighted by Gasteiger charge is 2.25. The summed E-state index contributed by atoms with van der Waals surface area (Å²) < 4.78 is 13.3. The van der Waals surface area contributed by atoms with E-state index in [2.05, 4.69) is 39.4 Å². The number of halogens is 1. The molecule has 1 atom stereocenters. The van der Waals surface area contributed by atoms with Gasteiger partial charge in [0, 0.05) is 38.4 Å². The third kappa shape index (κ3) is 5.74. The van der Waals surface area contributed by atoms with Gasteiger partial charge in [-0.05, 0) is 30.7 Å². The van der Waals surface area contributed by atoms with E-state index in [0.29, 0.717) is 5.69 Å². The number of hydrogen-bond acceptors (Lipinski definition) is 3. The summed E-state index contributed by atoms with van der Waals surface area (Å²) in [4.78, 5) is 17.0. The van der Waals surface area contributed by atoms with E-state index in [1.807, 2.05) is 25.1 Å². The van der Waals surface area contributed by atoms with Crippen LogP contribution in [0.15, 0.2) is 60.7 Å². The minimum absolute atomic E-state index is 0.0991. The van der Waals surface area contributed by atoms with Crippen molar-refractivity contribution in [1.82, 2.24) is 9.80 Å². The molecule has 1 aliphatic rings.